The molecule has 3 aromatic rings. The number of nitrogens with zero attached hydrogens (tertiary/aromatic N) is 1. The summed E-state index contributed by atoms with van der Waals surface area (Å²) in [5, 5.41) is 2.16. The molecule has 0 amide bonds. The smallest absolute Gasteiger partial charge is 0.336 e. The number of anilines is 1. The van der Waals surface area contributed by atoms with Gasteiger partial charge in [-0.25, -0.2) is 4.79 Å². The van der Waals surface area contributed by atoms with Gasteiger partial charge in [0.2, 0.25) is 0 Å². The van der Waals surface area contributed by atoms with Crippen LogP contribution in [0.2, 0.25) is 10.0 Å². The van der Waals surface area contributed by atoms with Crippen molar-refractivity contribution in [3.05, 3.63) is 67.5 Å². The van der Waals surface area contributed by atoms with Crippen molar-refractivity contribution in [2.75, 3.05) is 11.6 Å². The molecule has 6 heteroatoms. The molecule has 0 saturated carbocycles. The Morgan fingerprint density at radius 1 is 1.19 bits per heavy atom. The molecule has 1 aliphatic heterocycles. The standard InChI is InChI=1S/C21H19Cl2NO3/c1-3-4-13-8-19(25)27-21-12(2)20-14(7-16(13)21)10-24(11-26-20)18-6-5-15(22)9-17(18)23/h5-9H,3-4,10-11H2,1-2H3. The largest absolute Gasteiger partial charge is 0.472 e. The second kappa shape index (κ2) is 7.10. The van der Waals surface area contributed by atoms with E-state index in [0.29, 0.717) is 28.9 Å². The molecule has 0 N–H and O–H groups in total. The first-order chi connectivity index (χ1) is 13.0. The first kappa shape index (κ1) is 18.2. The molecule has 140 valence electrons. The highest BCUT2D eigenvalue weighted by atomic mass is 35.5. The molecule has 1 aliphatic rings. The van der Waals surface area contributed by atoms with Crippen molar-refractivity contribution in [1.29, 1.82) is 0 Å². The minimum Gasteiger partial charge on any atom is -0.472 e. The molecule has 1 aromatic heterocycles. The van der Waals surface area contributed by atoms with Gasteiger partial charge in [0.25, 0.3) is 0 Å². The van der Waals surface area contributed by atoms with Crippen molar-refractivity contribution in [3.63, 3.8) is 0 Å². The lowest BCUT2D eigenvalue weighted by atomic mass is 9.98. The monoisotopic (exact) mass is 403 g/mol. The maximum Gasteiger partial charge on any atom is 0.336 e. The van der Waals surface area contributed by atoms with Gasteiger partial charge >= 0.3 is 5.63 Å². The Hall–Kier alpha value is -2.17. The summed E-state index contributed by atoms with van der Waals surface area (Å²) in [5.74, 6) is 0.778. The Kier molecular flexibility index (Phi) is 4.79. The molecule has 0 aliphatic carbocycles. The normalized spacial score (nSPS) is 13.6. The lowest BCUT2D eigenvalue weighted by Crippen LogP contribution is -2.32. The summed E-state index contributed by atoms with van der Waals surface area (Å²) in [6, 6.07) is 9.11. The molecule has 0 unspecified atom stereocenters. The third kappa shape index (κ3) is 3.28. The predicted molar refractivity (Wildman–Crippen MR) is 109 cm³/mol. The number of rotatable bonds is 3. The molecule has 0 atom stereocenters. The molecule has 2 aromatic carbocycles. The zero-order valence-electron chi connectivity index (χ0n) is 15.1. The molecule has 4 nitrogen and oxygen atoms in total. The summed E-state index contributed by atoms with van der Waals surface area (Å²) < 4.78 is 11.5. The fourth-order valence-electron chi connectivity index (χ4n) is 3.65. The fourth-order valence-corrected chi connectivity index (χ4v) is 4.18. The highest BCUT2D eigenvalue weighted by molar-refractivity contribution is 6.36. The van der Waals surface area contributed by atoms with Crippen LogP contribution in [0.3, 0.4) is 0 Å². The van der Waals surface area contributed by atoms with Crippen LogP contribution in [-0.4, -0.2) is 6.73 Å². The van der Waals surface area contributed by atoms with Crippen LogP contribution in [0.15, 0.2) is 39.5 Å². The Balaban J connectivity index is 1.82. The molecule has 0 bridgehead atoms. The first-order valence-corrected chi connectivity index (χ1v) is 9.65. The summed E-state index contributed by atoms with van der Waals surface area (Å²) in [6.07, 6.45) is 1.78. The lowest BCUT2D eigenvalue weighted by Gasteiger charge is -2.32. The van der Waals surface area contributed by atoms with Crippen LogP contribution < -0.4 is 15.3 Å². The van der Waals surface area contributed by atoms with Gasteiger partial charge in [0, 0.05) is 34.1 Å². The summed E-state index contributed by atoms with van der Waals surface area (Å²) in [4.78, 5) is 14.0. The van der Waals surface area contributed by atoms with Crippen molar-refractivity contribution in [1.82, 2.24) is 0 Å². The SMILES string of the molecule is CCCc1cc(=O)oc2c(C)c3c(cc12)CN(c1ccc(Cl)cc1Cl)CO3. The van der Waals surface area contributed by atoms with Gasteiger partial charge in [-0.2, -0.15) is 0 Å². The van der Waals surface area contributed by atoms with E-state index < -0.39 is 0 Å². The van der Waals surface area contributed by atoms with Gasteiger partial charge in [0.1, 0.15) is 11.3 Å². The third-order valence-electron chi connectivity index (χ3n) is 4.87. The molecule has 4 rings (SSSR count). The average Bonchev–Trinajstić information content (AvgIpc) is 2.63. The van der Waals surface area contributed by atoms with Gasteiger partial charge in [0.15, 0.2) is 6.73 Å². The minimum absolute atomic E-state index is 0.320. The molecule has 2 heterocycles. The zero-order valence-corrected chi connectivity index (χ0v) is 16.7. The van der Waals surface area contributed by atoms with E-state index in [2.05, 4.69) is 17.9 Å². The topological polar surface area (TPSA) is 42.7 Å². The van der Waals surface area contributed by atoms with Crippen LogP contribution in [-0.2, 0) is 13.0 Å². The average molecular weight is 404 g/mol. The summed E-state index contributed by atoms with van der Waals surface area (Å²) in [7, 11) is 0. The van der Waals surface area contributed by atoms with E-state index >= 15 is 0 Å². The van der Waals surface area contributed by atoms with Crippen molar-refractivity contribution in [2.45, 2.75) is 33.2 Å². The second-order valence-corrected chi connectivity index (χ2v) is 7.62. The van der Waals surface area contributed by atoms with Crippen LogP contribution in [0.4, 0.5) is 5.69 Å². The Morgan fingerprint density at radius 2 is 2.00 bits per heavy atom. The van der Waals surface area contributed by atoms with Crippen LogP contribution in [0.25, 0.3) is 11.0 Å². The number of halogens is 2. The van der Waals surface area contributed by atoms with E-state index in [0.717, 1.165) is 46.4 Å². The van der Waals surface area contributed by atoms with Crippen molar-refractivity contribution in [2.24, 2.45) is 0 Å². The number of hydrogen-bond acceptors (Lipinski definition) is 4. The van der Waals surface area contributed by atoms with Crippen LogP contribution in [0, 0.1) is 6.92 Å². The van der Waals surface area contributed by atoms with Crippen molar-refractivity contribution < 1.29 is 9.15 Å². The molecule has 27 heavy (non-hydrogen) atoms. The number of benzene rings is 2. The second-order valence-electron chi connectivity index (χ2n) is 6.77. The van der Waals surface area contributed by atoms with Crippen molar-refractivity contribution in [3.8, 4) is 5.75 Å². The van der Waals surface area contributed by atoms with Gasteiger partial charge in [-0.05, 0) is 43.2 Å². The predicted octanol–water partition coefficient (Wildman–Crippen LogP) is 5.72. The van der Waals surface area contributed by atoms with E-state index in [4.69, 9.17) is 32.4 Å². The number of hydrogen-bond donors (Lipinski definition) is 0. The minimum atomic E-state index is -0.320. The van der Waals surface area contributed by atoms with E-state index in [9.17, 15) is 4.79 Å². The van der Waals surface area contributed by atoms with Gasteiger partial charge < -0.3 is 14.1 Å². The Morgan fingerprint density at radius 3 is 2.74 bits per heavy atom. The summed E-state index contributed by atoms with van der Waals surface area (Å²) in [5.41, 5.74) is 4.08. The van der Waals surface area contributed by atoms with E-state index in [1.54, 1.807) is 12.1 Å². The fraction of sp³-hybridized carbons (Fsp3) is 0.286. The van der Waals surface area contributed by atoms with E-state index in [1.165, 1.54) is 0 Å². The Bertz CT molecular complexity index is 1090. The van der Waals surface area contributed by atoms with E-state index in [-0.39, 0.29) is 5.63 Å². The molecule has 0 radical (unpaired) electrons. The number of ether oxygens (including phenoxy) is 1. The van der Waals surface area contributed by atoms with E-state index in [1.807, 2.05) is 19.1 Å². The van der Waals surface area contributed by atoms with Gasteiger partial charge in [0.05, 0.1) is 10.7 Å². The molecular weight excluding hydrogens is 385 g/mol. The lowest BCUT2D eigenvalue weighted by molar-refractivity contribution is 0.287. The highest BCUT2D eigenvalue weighted by Crippen LogP contribution is 2.38. The first-order valence-electron chi connectivity index (χ1n) is 8.90. The van der Waals surface area contributed by atoms with Crippen LogP contribution >= 0.6 is 23.2 Å². The third-order valence-corrected chi connectivity index (χ3v) is 5.41. The van der Waals surface area contributed by atoms with Gasteiger partial charge in [-0.15, -0.1) is 0 Å². The van der Waals surface area contributed by atoms with Crippen molar-refractivity contribution >= 4 is 39.9 Å². The zero-order chi connectivity index (χ0) is 19.1. The van der Waals surface area contributed by atoms with Gasteiger partial charge in [-0.3, -0.25) is 0 Å². The molecule has 0 spiro atoms. The maximum absolute atomic E-state index is 12.0. The number of aryl methyl sites for hydroxylation is 2. The Labute approximate surface area is 167 Å². The summed E-state index contributed by atoms with van der Waals surface area (Å²) in [6.45, 7) is 5.04. The maximum atomic E-state index is 12.0. The molecular formula is C21H19Cl2NO3. The summed E-state index contributed by atoms with van der Waals surface area (Å²) >= 11 is 12.4. The van der Waals surface area contributed by atoms with Crippen LogP contribution in [0.5, 0.6) is 5.75 Å². The molecule has 0 fully saturated rings. The highest BCUT2D eigenvalue weighted by Gasteiger charge is 2.24. The van der Waals surface area contributed by atoms with Crippen LogP contribution in [0.1, 0.15) is 30.0 Å². The quantitative estimate of drug-likeness (QED) is 0.524. The van der Waals surface area contributed by atoms with Gasteiger partial charge in [-0.1, -0.05) is 36.5 Å². The molecule has 0 saturated heterocycles. The number of fused-ring (bicyclic) bond motifs is 2.